The Balaban J connectivity index is 2.19. The summed E-state index contributed by atoms with van der Waals surface area (Å²) in [4.78, 5) is 22.0. The van der Waals surface area contributed by atoms with Crippen molar-refractivity contribution in [3.8, 4) is 5.75 Å². The number of rotatable bonds is 8. The lowest BCUT2D eigenvalue weighted by atomic mass is 10.2. The molecular formula is C14H18ClNO4. The Morgan fingerprint density at radius 2 is 2.10 bits per heavy atom. The van der Waals surface area contributed by atoms with Gasteiger partial charge in [-0.2, -0.15) is 0 Å². The maximum absolute atomic E-state index is 11.5. The molecule has 0 saturated heterocycles. The van der Waals surface area contributed by atoms with E-state index in [0.717, 1.165) is 0 Å². The third-order valence-corrected chi connectivity index (χ3v) is 2.84. The van der Waals surface area contributed by atoms with Crippen LogP contribution in [0.3, 0.4) is 0 Å². The van der Waals surface area contributed by atoms with Crippen molar-refractivity contribution < 1.29 is 19.4 Å². The molecule has 0 aliphatic heterocycles. The van der Waals surface area contributed by atoms with Crippen LogP contribution >= 0.6 is 11.6 Å². The number of nitrogens with one attached hydrogen (secondary N) is 1. The number of amides is 1. The largest absolute Gasteiger partial charge is 0.492 e. The maximum atomic E-state index is 11.5. The fourth-order valence-electron chi connectivity index (χ4n) is 1.64. The summed E-state index contributed by atoms with van der Waals surface area (Å²) >= 11 is 5.92. The summed E-state index contributed by atoms with van der Waals surface area (Å²) in [6, 6.07) is 6.76. The third-order valence-electron chi connectivity index (χ3n) is 2.53. The predicted octanol–water partition coefficient (Wildman–Crippen LogP) is 2.48. The zero-order chi connectivity index (χ0) is 15.0. The molecule has 0 bridgehead atoms. The second kappa shape index (κ2) is 8.43. The first-order valence-corrected chi connectivity index (χ1v) is 6.75. The summed E-state index contributed by atoms with van der Waals surface area (Å²) in [6.45, 7) is 2.04. The van der Waals surface area contributed by atoms with E-state index in [1.165, 1.54) is 0 Å². The second-order valence-corrected chi connectivity index (χ2v) is 4.86. The summed E-state index contributed by atoms with van der Waals surface area (Å²) in [5.74, 6) is -0.518. The van der Waals surface area contributed by atoms with Crippen LogP contribution < -0.4 is 10.1 Å². The van der Waals surface area contributed by atoms with Crippen LogP contribution in [0.15, 0.2) is 24.3 Å². The highest BCUT2D eigenvalue weighted by molar-refractivity contribution is 6.32. The van der Waals surface area contributed by atoms with Gasteiger partial charge in [-0.15, -0.1) is 0 Å². The van der Waals surface area contributed by atoms with Gasteiger partial charge >= 0.3 is 5.97 Å². The van der Waals surface area contributed by atoms with Gasteiger partial charge in [-0.05, 0) is 25.5 Å². The lowest BCUT2D eigenvalue weighted by Crippen LogP contribution is -2.34. The van der Waals surface area contributed by atoms with Gasteiger partial charge in [0.2, 0.25) is 5.91 Å². The van der Waals surface area contributed by atoms with Crippen molar-refractivity contribution in [2.45, 2.75) is 32.2 Å². The minimum atomic E-state index is -0.931. The minimum Gasteiger partial charge on any atom is -0.492 e. The van der Waals surface area contributed by atoms with Crippen LogP contribution in [0, 0.1) is 0 Å². The van der Waals surface area contributed by atoms with Crippen LogP contribution in [0.5, 0.6) is 5.75 Å². The van der Waals surface area contributed by atoms with Crippen molar-refractivity contribution in [1.29, 1.82) is 0 Å². The molecule has 1 rings (SSSR count). The van der Waals surface area contributed by atoms with E-state index in [1.54, 1.807) is 19.1 Å². The van der Waals surface area contributed by atoms with E-state index in [1.807, 2.05) is 12.1 Å². The fourth-order valence-corrected chi connectivity index (χ4v) is 1.83. The van der Waals surface area contributed by atoms with Gasteiger partial charge < -0.3 is 15.2 Å². The summed E-state index contributed by atoms with van der Waals surface area (Å²) in [7, 11) is 0. The van der Waals surface area contributed by atoms with E-state index in [-0.39, 0.29) is 24.8 Å². The number of halogens is 1. The topological polar surface area (TPSA) is 75.6 Å². The number of ether oxygens (including phenoxy) is 1. The third kappa shape index (κ3) is 6.43. The average Bonchev–Trinajstić information content (AvgIpc) is 2.35. The Kier molecular flexibility index (Phi) is 6.87. The molecule has 1 unspecified atom stereocenters. The van der Waals surface area contributed by atoms with Crippen LogP contribution in [0.4, 0.5) is 0 Å². The number of benzene rings is 1. The van der Waals surface area contributed by atoms with Crippen molar-refractivity contribution >= 4 is 23.5 Å². The SMILES string of the molecule is CC(CC(=O)O)NC(=O)CCCOc1ccccc1Cl. The maximum Gasteiger partial charge on any atom is 0.305 e. The summed E-state index contributed by atoms with van der Waals surface area (Å²) in [6.07, 6.45) is 0.743. The quantitative estimate of drug-likeness (QED) is 0.723. The number of carboxylic acid groups (broad SMARTS) is 1. The van der Waals surface area contributed by atoms with E-state index >= 15 is 0 Å². The molecule has 2 N–H and O–H groups in total. The normalized spacial score (nSPS) is 11.7. The van der Waals surface area contributed by atoms with Crippen LogP contribution in [0.25, 0.3) is 0 Å². The lowest BCUT2D eigenvalue weighted by molar-refractivity contribution is -0.137. The fraction of sp³-hybridized carbons (Fsp3) is 0.429. The molecule has 0 saturated carbocycles. The molecule has 6 heteroatoms. The Morgan fingerprint density at radius 3 is 2.75 bits per heavy atom. The molecular weight excluding hydrogens is 282 g/mol. The Morgan fingerprint density at radius 1 is 1.40 bits per heavy atom. The van der Waals surface area contributed by atoms with Gasteiger partial charge in [-0.3, -0.25) is 9.59 Å². The molecule has 1 amide bonds. The molecule has 0 spiro atoms. The molecule has 110 valence electrons. The number of carbonyl (C=O) groups excluding carboxylic acids is 1. The molecule has 20 heavy (non-hydrogen) atoms. The molecule has 0 aliphatic carbocycles. The van der Waals surface area contributed by atoms with Crippen LogP contribution in [-0.2, 0) is 9.59 Å². The highest BCUT2D eigenvalue weighted by atomic mass is 35.5. The molecule has 0 radical (unpaired) electrons. The molecule has 1 aromatic carbocycles. The van der Waals surface area contributed by atoms with Crippen molar-refractivity contribution in [2.75, 3.05) is 6.61 Å². The first kappa shape index (κ1) is 16.3. The Hall–Kier alpha value is -1.75. The molecule has 0 aliphatic rings. The van der Waals surface area contributed by atoms with Gasteiger partial charge in [0.25, 0.3) is 0 Å². The van der Waals surface area contributed by atoms with E-state index < -0.39 is 5.97 Å². The molecule has 0 fully saturated rings. The first-order chi connectivity index (χ1) is 9.49. The van der Waals surface area contributed by atoms with Gasteiger partial charge in [-0.25, -0.2) is 0 Å². The van der Waals surface area contributed by atoms with Crippen molar-refractivity contribution in [1.82, 2.24) is 5.32 Å². The Labute approximate surface area is 122 Å². The summed E-state index contributed by atoms with van der Waals surface area (Å²) < 4.78 is 5.45. The van der Waals surface area contributed by atoms with Gasteiger partial charge in [0.05, 0.1) is 18.1 Å². The van der Waals surface area contributed by atoms with E-state index in [4.69, 9.17) is 21.4 Å². The molecule has 0 heterocycles. The smallest absolute Gasteiger partial charge is 0.305 e. The molecule has 1 atom stereocenters. The molecule has 5 nitrogen and oxygen atoms in total. The molecule has 1 aromatic rings. The van der Waals surface area contributed by atoms with Crippen molar-refractivity contribution in [2.24, 2.45) is 0 Å². The van der Waals surface area contributed by atoms with Gasteiger partial charge in [0.1, 0.15) is 5.75 Å². The van der Waals surface area contributed by atoms with E-state index in [2.05, 4.69) is 5.32 Å². The highest BCUT2D eigenvalue weighted by Crippen LogP contribution is 2.23. The second-order valence-electron chi connectivity index (χ2n) is 4.45. The van der Waals surface area contributed by atoms with Gasteiger partial charge in [-0.1, -0.05) is 23.7 Å². The Bertz CT molecular complexity index is 464. The van der Waals surface area contributed by atoms with Gasteiger partial charge in [0, 0.05) is 12.5 Å². The monoisotopic (exact) mass is 299 g/mol. The summed E-state index contributed by atoms with van der Waals surface area (Å²) in [5, 5.41) is 11.7. The number of carboxylic acids is 1. The van der Waals surface area contributed by atoms with Crippen LogP contribution in [0.2, 0.25) is 5.02 Å². The van der Waals surface area contributed by atoms with Crippen LogP contribution in [-0.4, -0.2) is 29.6 Å². The number of carbonyl (C=O) groups is 2. The number of para-hydroxylation sites is 1. The lowest BCUT2D eigenvalue weighted by Gasteiger charge is -2.12. The zero-order valence-electron chi connectivity index (χ0n) is 11.3. The van der Waals surface area contributed by atoms with Gasteiger partial charge in [0.15, 0.2) is 0 Å². The van der Waals surface area contributed by atoms with Crippen LogP contribution in [0.1, 0.15) is 26.2 Å². The number of hydrogen-bond donors (Lipinski definition) is 2. The van der Waals surface area contributed by atoms with Crippen molar-refractivity contribution in [3.63, 3.8) is 0 Å². The van der Waals surface area contributed by atoms with Crippen molar-refractivity contribution in [3.05, 3.63) is 29.3 Å². The summed E-state index contributed by atoms with van der Waals surface area (Å²) in [5.41, 5.74) is 0. The average molecular weight is 300 g/mol. The first-order valence-electron chi connectivity index (χ1n) is 6.37. The standard InChI is InChI=1S/C14H18ClNO4/c1-10(9-14(18)19)16-13(17)7-4-8-20-12-6-3-2-5-11(12)15/h2-3,5-6,10H,4,7-9H2,1H3,(H,16,17)(H,18,19). The zero-order valence-corrected chi connectivity index (χ0v) is 12.0. The number of aliphatic carboxylic acids is 1. The number of hydrogen-bond acceptors (Lipinski definition) is 3. The predicted molar refractivity (Wildman–Crippen MR) is 76.0 cm³/mol. The van der Waals surface area contributed by atoms with E-state index in [9.17, 15) is 9.59 Å². The minimum absolute atomic E-state index is 0.0815. The molecule has 0 aromatic heterocycles. The van der Waals surface area contributed by atoms with E-state index in [0.29, 0.717) is 23.8 Å². The highest BCUT2D eigenvalue weighted by Gasteiger charge is 2.10.